The molecule has 2 aromatic heterocycles. The Hall–Kier alpha value is -8.40. The molecule has 2 heterocycles. The van der Waals surface area contributed by atoms with Crippen LogP contribution in [0.2, 0.25) is 0 Å². The van der Waals surface area contributed by atoms with E-state index in [9.17, 15) is 0 Å². The second kappa shape index (κ2) is 15.3. The topological polar surface area (TPSA) is 21.3 Å². The van der Waals surface area contributed by atoms with Crippen molar-refractivity contribution >= 4 is 60.8 Å². The van der Waals surface area contributed by atoms with E-state index in [2.05, 4.69) is 240 Å². The Bertz CT molecular complexity index is 3560. The monoisotopic (exact) mass is 804 g/mol. The molecule has 0 aliphatic rings. The van der Waals surface area contributed by atoms with Gasteiger partial charge in [0.1, 0.15) is 11.2 Å². The van der Waals surface area contributed by atoms with E-state index in [-0.39, 0.29) is 0 Å². The first kappa shape index (κ1) is 36.5. The normalized spacial score (nSPS) is 11.5. The quantitative estimate of drug-likeness (QED) is 0.153. The molecular formula is C60H40N2O. The highest BCUT2D eigenvalue weighted by Crippen LogP contribution is 2.41. The van der Waals surface area contributed by atoms with Crippen LogP contribution in [0.15, 0.2) is 247 Å². The lowest BCUT2D eigenvalue weighted by Crippen LogP contribution is -2.10. The molecule has 0 fully saturated rings. The molecule has 0 spiro atoms. The number of hydrogen-bond donors (Lipinski definition) is 0. The van der Waals surface area contributed by atoms with Crippen LogP contribution in [-0.4, -0.2) is 4.57 Å². The van der Waals surface area contributed by atoms with Gasteiger partial charge in [0.15, 0.2) is 0 Å². The number of para-hydroxylation sites is 3. The van der Waals surface area contributed by atoms with Crippen LogP contribution < -0.4 is 4.90 Å². The Morgan fingerprint density at radius 2 is 0.778 bits per heavy atom. The van der Waals surface area contributed by atoms with Gasteiger partial charge in [-0.25, -0.2) is 0 Å². The molecule has 3 heteroatoms. The first-order valence-corrected chi connectivity index (χ1v) is 21.5. The Labute approximate surface area is 366 Å². The molecule has 10 aromatic carbocycles. The Balaban J connectivity index is 0.919. The van der Waals surface area contributed by atoms with Crippen LogP contribution in [-0.2, 0) is 0 Å². The van der Waals surface area contributed by atoms with Crippen molar-refractivity contribution in [2.75, 3.05) is 4.90 Å². The van der Waals surface area contributed by atoms with Gasteiger partial charge in [0.05, 0.1) is 11.0 Å². The molecule has 3 nitrogen and oxygen atoms in total. The molecule has 0 atom stereocenters. The van der Waals surface area contributed by atoms with E-state index in [4.69, 9.17) is 4.42 Å². The first-order chi connectivity index (χ1) is 31.2. The summed E-state index contributed by atoms with van der Waals surface area (Å²) in [6, 6.07) is 87.1. The summed E-state index contributed by atoms with van der Waals surface area (Å²) >= 11 is 0. The second-order valence-electron chi connectivity index (χ2n) is 16.1. The first-order valence-electron chi connectivity index (χ1n) is 21.5. The molecule has 0 aliphatic carbocycles. The lowest BCUT2D eigenvalue weighted by molar-refractivity contribution is 0.669. The van der Waals surface area contributed by atoms with Gasteiger partial charge in [-0.3, -0.25) is 0 Å². The van der Waals surface area contributed by atoms with Crippen molar-refractivity contribution in [3.8, 4) is 50.2 Å². The average molecular weight is 805 g/mol. The highest BCUT2D eigenvalue weighted by Gasteiger charge is 2.17. The fourth-order valence-corrected chi connectivity index (χ4v) is 9.41. The number of anilines is 3. The average Bonchev–Trinajstić information content (AvgIpc) is 3.91. The van der Waals surface area contributed by atoms with E-state index in [1.165, 1.54) is 44.1 Å². The van der Waals surface area contributed by atoms with Gasteiger partial charge in [-0.15, -0.1) is 0 Å². The van der Waals surface area contributed by atoms with Crippen LogP contribution in [0.4, 0.5) is 17.1 Å². The maximum absolute atomic E-state index is 6.22. The van der Waals surface area contributed by atoms with E-state index in [1.54, 1.807) is 0 Å². The van der Waals surface area contributed by atoms with Crippen LogP contribution in [0, 0.1) is 0 Å². The molecule has 0 amide bonds. The van der Waals surface area contributed by atoms with Crippen molar-refractivity contribution in [3.63, 3.8) is 0 Å². The van der Waals surface area contributed by atoms with Crippen LogP contribution in [0.1, 0.15) is 0 Å². The van der Waals surface area contributed by atoms with Crippen molar-refractivity contribution in [2.24, 2.45) is 0 Å². The minimum absolute atomic E-state index is 0.905. The minimum Gasteiger partial charge on any atom is -0.456 e. The fourth-order valence-electron chi connectivity index (χ4n) is 9.41. The van der Waals surface area contributed by atoms with Crippen molar-refractivity contribution in [1.29, 1.82) is 0 Å². The van der Waals surface area contributed by atoms with Gasteiger partial charge in [0.2, 0.25) is 0 Å². The summed E-state index contributed by atoms with van der Waals surface area (Å²) in [5.41, 5.74) is 17.9. The minimum atomic E-state index is 0.905. The summed E-state index contributed by atoms with van der Waals surface area (Å²) in [6.07, 6.45) is 0. The molecule has 0 radical (unpaired) electrons. The van der Waals surface area contributed by atoms with Crippen LogP contribution in [0.3, 0.4) is 0 Å². The highest BCUT2D eigenvalue weighted by molar-refractivity contribution is 6.12. The zero-order valence-electron chi connectivity index (χ0n) is 34.4. The summed E-state index contributed by atoms with van der Waals surface area (Å²) in [6.45, 7) is 0. The maximum atomic E-state index is 6.22. The fraction of sp³-hybridized carbons (Fsp3) is 0. The van der Waals surface area contributed by atoms with Crippen LogP contribution in [0.25, 0.3) is 93.9 Å². The van der Waals surface area contributed by atoms with Gasteiger partial charge >= 0.3 is 0 Å². The van der Waals surface area contributed by atoms with E-state index in [0.29, 0.717) is 0 Å². The Kier molecular flexibility index (Phi) is 8.83. The number of aromatic nitrogens is 1. The van der Waals surface area contributed by atoms with E-state index >= 15 is 0 Å². The largest absolute Gasteiger partial charge is 0.456 e. The third-order valence-corrected chi connectivity index (χ3v) is 12.4. The molecule has 63 heavy (non-hydrogen) atoms. The van der Waals surface area contributed by atoms with Crippen molar-refractivity contribution < 1.29 is 4.42 Å². The summed E-state index contributed by atoms with van der Waals surface area (Å²) < 4.78 is 8.60. The van der Waals surface area contributed by atoms with Crippen LogP contribution >= 0.6 is 0 Å². The Morgan fingerprint density at radius 3 is 1.44 bits per heavy atom. The summed E-state index contributed by atoms with van der Waals surface area (Å²) in [7, 11) is 0. The Morgan fingerprint density at radius 1 is 0.302 bits per heavy atom. The maximum Gasteiger partial charge on any atom is 0.136 e. The molecule has 0 saturated carbocycles. The van der Waals surface area contributed by atoms with Crippen LogP contribution in [0.5, 0.6) is 0 Å². The van der Waals surface area contributed by atoms with Gasteiger partial charge in [-0.05, 0) is 117 Å². The predicted octanol–water partition coefficient (Wildman–Crippen LogP) is 16.8. The summed E-state index contributed by atoms with van der Waals surface area (Å²) in [4.78, 5) is 2.37. The van der Waals surface area contributed by atoms with Crippen molar-refractivity contribution in [2.45, 2.75) is 0 Å². The van der Waals surface area contributed by atoms with Gasteiger partial charge in [-0.1, -0.05) is 170 Å². The van der Waals surface area contributed by atoms with Gasteiger partial charge in [-0.2, -0.15) is 0 Å². The molecule has 0 N–H and O–H groups in total. The van der Waals surface area contributed by atoms with Crippen molar-refractivity contribution in [1.82, 2.24) is 4.57 Å². The van der Waals surface area contributed by atoms with Gasteiger partial charge in [0.25, 0.3) is 0 Å². The second-order valence-corrected chi connectivity index (χ2v) is 16.1. The van der Waals surface area contributed by atoms with E-state index < -0.39 is 0 Å². The lowest BCUT2D eigenvalue weighted by atomic mass is 9.96. The summed E-state index contributed by atoms with van der Waals surface area (Å²) in [5.74, 6) is 0. The number of hydrogen-bond acceptors (Lipinski definition) is 2. The number of rotatable bonds is 8. The molecule has 0 saturated heterocycles. The predicted molar refractivity (Wildman–Crippen MR) is 264 cm³/mol. The number of benzene rings is 10. The SMILES string of the molecule is c1ccc(-c2cccc(N(c3ccc(-c4cccc(-n5c6ccccc6c6ccccc65)c4)cc3)c3cccc(-c4ccc(-c5cccc6oc7ccccc7c56)cc4)c3)c2)cc1. The van der Waals surface area contributed by atoms with Crippen molar-refractivity contribution in [3.05, 3.63) is 243 Å². The number of nitrogens with zero attached hydrogens (tertiary/aromatic N) is 2. The molecular weight excluding hydrogens is 765 g/mol. The zero-order chi connectivity index (χ0) is 41.7. The number of fused-ring (bicyclic) bond motifs is 6. The van der Waals surface area contributed by atoms with Gasteiger partial charge in [0, 0.05) is 44.3 Å². The third kappa shape index (κ3) is 6.46. The third-order valence-electron chi connectivity index (χ3n) is 12.4. The van der Waals surface area contributed by atoms with E-state index in [0.717, 1.165) is 66.9 Å². The molecule has 0 unspecified atom stereocenters. The molecule has 12 rings (SSSR count). The smallest absolute Gasteiger partial charge is 0.136 e. The molecule has 0 aliphatic heterocycles. The lowest BCUT2D eigenvalue weighted by Gasteiger charge is -2.27. The van der Waals surface area contributed by atoms with E-state index in [1.807, 2.05) is 12.1 Å². The standard InChI is InChI=1S/C60H40N2O/c1-2-14-41(15-3-1)45-16-10-19-49(38-45)61(48-36-34-43(35-37-48)47-18-12-21-51(40-47)62-56-26-7-4-22-53(56)54-23-5-8-27-57(54)62)50-20-11-17-46(39-50)42-30-32-44(33-31-42)52-25-13-29-59-60(52)55-24-6-9-28-58(55)63-59/h1-40H. The van der Waals surface area contributed by atoms with Gasteiger partial charge < -0.3 is 13.9 Å². The molecule has 296 valence electrons. The number of furan rings is 1. The molecule has 0 bridgehead atoms. The zero-order valence-corrected chi connectivity index (χ0v) is 34.4. The summed E-state index contributed by atoms with van der Waals surface area (Å²) in [5, 5.41) is 4.81. The molecule has 12 aromatic rings. The highest BCUT2D eigenvalue weighted by atomic mass is 16.3.